The quantitative estimate of drug-likeness (QED) is 0.366. The third kappa shape index (κ3) is 3.52. The van der Waals surface area contributed by atoms with Crippen LogP contribution < -0.4 is 5.56 Å². The summed E-state index contributed by atoms with van der Waals surface area (Å²) in [5.74, 6) is -1.13. The summed E-state index contributed by atoms with van der Waals surface area (Å²) in [5, 5.41) is 21.7. The Morgan fingerprint density at radius 2 is 1.94 bits per heavy atom. The first kappa shape index (κ1) is 21.9. The fraction of sp³-hybridized carbons (Fsp3) is 0.125. The Balaban J connectivity index is 1.94. The topological polar surface area (TPSA) is 96.2 Å². The average molecular weight is 512 g/mol. The Labute approximate surface area is 196 Å². The lowest BCUT2D eigenvalue weighted by Crippen LogP contribution is -2.27. The molecule has 0 amide bonds. The van der Waals surface area contributed by atoms with E-state index in [4.69, 9.17) is 16.0 Å². The van der Waals surface area contributed by atoms with Crippen molar-refractivity contribution in [3.8, 4) is 11.9 Å². The number of aromatic nitrogens is 1. The smallest absolute Gasteiger partial charge is 0.271 e. The highest BCUT2D eigenvalue weighted by Gasteiger charge is 2.29. The molecule has 0 saturated heterocycles. The van der Waals surface area contributed by atoms with Crippen LogP contribution >= 0.6 is 27.5 Å². The fourth-order valence-corrected chi connectivity index (χ4v) is 4.23. The van der Waals surface area contributed by atoms with Gasteiger partial charge in [-0.1, -0.05) is 45.7 Å². The molecule has 0 unspecified atom stereocenters. The lowest BCUT2D eigenvalue weighted by atomic mass is 9.98. The maximum absolute atomic E-state index is 13.5. The summed E-state index contributed by atoms with van der Waals surface area (Å²) < 4.78 is 7.57. The van der Waals surface area contributed by atoms with Crippen molar-refractivity contribution in [1.82, 2.24) is 4.57 Å². The van der Waals surface area contributed by atoms with Crippen LogP contribution in [0.4, 0.5) is 0 Å². The standard InChI is InChI=1S/C24H16BrClN2O4/c1-12-17(10-27)23(30)28(11-14-5-3-4-6-18(14)26)24(31)20(12)21(29)22-13(2)16-8-7-15(25)9-19(16)32-22/h3-9,31H,11H2,1-2H3. The number of hydrogen-bond donors (Lipinski definition) is 1. The maximum Gasteiger partial charge on any atom is 0.271 e. The molecule has 4 aromatic rings. The molecule has 0 aliphatic rings. The number of benzene rings is 2. The summed E-state index contributed by atoms with van der Waals surface area (Å²) in [6.45, 7) is 3.09. The fourth-order valence-electron chi connectivity index (χ4n) is 3.70. The Hall–Kier alpha value is -3.34. The van der Waals surface area contributed by atoms with E-state index in [9.17, 15) is 20.0 Å². The van der Waals surface area contributed by atoms with E-state index >= 15 is 0 Å². The molecule has 2 aromatic carbocycles. The molecule has 0 saturated carbocycles. The van der Waals surface area contributed by atoms with Gasteiger partial charge in [-0.2, -0.15) is 5.26 Å². The minimum absolute atomic E-state index is 0.0309. The Morgan fingerprint density at radius 3 is 2.62 bits per heavy atom. The molecule has 4 rings (SSSR count). The van der Waals surface area contributed by atoms with Gasteiger partial charge in [0.1, 0.15) is 17.2 Å². The molecule has 6 nitrogen and oxygen atoms in total. The first-order chi connectivity index (χ1) is 15.2. The van der Waals surface area contributed by atoms with Crippen LogP contribution in [0, 0.1) is 25.2 Å². The number of aromatic hydroxyl groups is 1. The van der Waals surface area contributed by atoms with E-state index in [0.717, 1.165) is 14.4 Å². The summed E-state index contributed by atoms with van der Waals surface area (Å²) in [6, 6.07) is 14.1. The van der Waals surface area contributed by atoms with Crippen molar-refractivity contribution >= 4 is 44.3 Å². The van der Waals surface area contributed by atoms with Crippen molar-refractivity contribution in [3.05, 3.63) is 95.9 Å². The van der Waals surface area contributed by atoms with Crippen LogP contribution in [-0.2, 0) is 6.54 Å². The SMILES string of the molecule is Cc1c(C(=O)c2oc3cc(Br)ccc3c2C)c(O)n(Cc2ccccc2Cl)c(=O)c1C#N. The van der Waals surface area contributed by atoms with Crippen molar-refractivity contribution in [1.29, 1.82) is 5.26 Å². The molecule has 0 bridgehead atoms. The summed E-state index contributed by atoms with van der Waals surface area (Å²) in [5.41, 5.74) is 0.660. The van der Waals surface area contributed by atoms with Crippen LogP contribution in [0.3, 0.4) is 0 Å². The predicted molar refractivity (Wildman–Crippen MR) is 124 cm³/mol. The zero-order valence-corrected chi connectivity index (χ0v) is 19.4. The van der Waals surface area contributed by atoms with Crippen LogP contribution in [0.1, 0.15) is 38.4 Å². The molecule has 2 aromatic heterocycles. The highest BCUT2D eigenvalue weighted by molar-refractivity contribution is 9.10. The summed E-state index contributed by atoms with van der Waals surface area (Å²) >= 11 is 9.59. The van der Waals surface area contributed by atoms with Crippen molar-refractivity contribution < 1.29 is 14.3 Å². The molecule has 0 aliphatic heterocycles. The molecule has 32 heavy (non-hydrogen) atoms. The number of carbonyl (C=O) groups is 1. The largest absolute Gasteiger partial charge is 0.494 e. The van der Waals surface area contributed by atoms with Crippen LogP contribution in [0.5, 0.6) is 5.88 Å². The average Bonchev–Trinajstić information content (AvgIpc) is 3.08. The second kappa shape index (κ2) is 8.30. The van der Waals surface area contributed by atoms with Gasteiger partial charge >= 0.3 is 0 Å². The van der Waals surface area contributed by atoms with E-state index < -0.39 is 17.2 Å². The van der Waals surface area contributed by atoms with E-state index in [1.807, 2.05) is 18.2 Å². The van der Waals surface area contributed by atoms with Gasteiger partial charge in [0.05, 0.1) is 12.1 Å². The molecule has 160 valence electrons. The van der Waals surface area contributed by atoms with Crippen molar-refractivity contribution in [2.75, 3.05) is 0 Å². The Bertz CT molecular complexity index is 1510. The van der Waals surface area contributed by atoms with Crippen molar-refractivity contribution in [3.63, 3.8) is 0 Å². The number of rotatable bonds is 4. The molecule has 0 fully saturated rings. The monoisotopic (exact) mass is 510 g/mol. The number of fused-ring (bicyclic) bond motifs is 1. The number of furan rings is 1. The highest BCUT2D eigenvalue weighted by Crippen LogP contribution is 2.32. The molecule has 1 N–H and O–H groups in total. The van der Waals surface area contributed by atoms with Gasteiger partial charge < -0.3 is 9.52 Å². The van der Waals surface area contributed by atoms with Gasteiger partial charge in [-0.25, -0.2) is 0 Å². The highest BCUT2D eigenvalue weighted by atomic mass is 79.9. The molecule has 0 atom stereocenters. The first-order valence-electron chi connectivity index (χ1n) is 9.57. The molecule has 0 spiro atoms. The van der Waals surface area contributed by atoms with Crippen LogP contribution in [0.15, 0.2) is 56.1 Å². The first-order valence-corrected chi connectivity index (χ1v) is 10.7. The molecule has 0 aliphatic carbocycles. The van der Waals surface area contributed by atoms with E-state index in [1.165, 1.54) is 6.92 Å². The molecule has 8 heteroatoms. The van der Waals surface area contributed by atoms with E-state index in [1.54, 1.807) is 37.3 Å². The second-order valence-corrected chi connectivity index (χ2v) is 8.64. The van der Waals surface area contributed by atoms with Crippen molar-refractivity contribution in [2.45, 2.75) is 20.4 Å². The minimum atomic E-state index is -0.704. The maximum atomic E-state index is 13.5. The number of halogens is 2. The van der Waals surface area contributed by atoms with Crippen LogP contribution in [-0.4, -0.2) is 15.5 Å². The Kier molecular flexibility index (Phi) is 5.68. The van der Waals surface area contributed by atoms with Gasteiger partial charge in [0, 0.05) is 20.4 Å². The third-order valence-corrected chi connectivity index (χ3v) is 6.28. The number of hydrogen-bond acceptors (Lipinski definition) is 5. The number of carbonyl (C=O) groups excluding carboxylic acids is 1. The number of aryl methyl sites for hydroxylation is 1. The van der Waals surface area contributed by atoms with Crippen LogP contribution in [0.2, 0.25) is 5.02 Å². The zero-order valence-electron chi connectivity index (χ0n) is 17.1. The predicted octanol–water partition coefficient (Wildman–Crippen LogP) is 5.48. The number of nitriles is 1. The molecule has 0 radical (unpaired) electrons. The van der Waals surface area contributed by atoms with E-state index in [0.29, 0.717) is 21.7 Å². The van der Waals surface area contributed by atoms with Gasteiger partial charge in [-0.3, -0.25) is 14.2 Å². The lowest BCUT2D eigenvalue weighted by molar-refractivity contribution is 0.101. The molecular formula is C24H16BrClN2O4. The Morgan fingerprint density at radius 1 is 1.22 bits per heavy atom. The van der Waals surface area contributed by atoms with Crippen LogP contribution in [0.25, 0.3) is 11.0 Å². The lowest BCUT2D eigenvalue weighted by Gasteiger charge is -2.15. The van der Waals surface area contributed by atoms with Gasteiger partial charge in [-0.05, 0) is 49.2 Å². The number of pyridine rings is 1. The van der Waals surface area contributed by atoms with Crippen molar-refractivity contribution in [2.24, 2.45) is 0 Å². The normalized spacial score (nSPS) is 11.0. The van der Waals surface area contributed by atoms with Gasteiger partial charge in [0.15, 0.2) is 5.76 Å². The summed E-state index contributed by atoms with van der Waals surface area (Å²) in [7, 11) is 0. The number of ketones is 1. The van der Waals surface area contributed by atoms with Gasteiger partial charge in [-0.15, -0.1) is 0 Å². The summed E-state index contributed by atoms with van der Waals surface area (Å²) in [4.78, 5) is 26.4. The zero-order chi connectivity index (χ0) is 23.2. The van der Waals surface area contributed by atoms with Gasteiger partial charge in [0.25, 0.3) is 5.56 Å². The minimum Gasteiger partial charge on any atom is -0.494 e. The second-order valence-electron chi connectivity index (χ2n) is 7.32. The summed E-state index contributed by atoms with van der Waals surface area (Å²) in [6.07, 6.45) is 0. The van der Waals surface area contributed by atoms with Gasteiger partial charge in [0.2, 0.25) is 11.7 Å². The number of nitrogens with zero attached hydrogens (tertiary/aromatic N) is 2. The van der Waals surface area contributed by atoms with E-state index in [-0.39, 0.29) is 29.0 Å². The van der Waals surface area contributed by atoms with E-state index in [2.05, 4.69) is 15.9 Å². The molecule has 2 heterocycles. The molecular weight excluding hydrogens is 496 g/mol. The third-order valence-electron chi connectivity index (χ3n) is 5.42.